The molecule has 6 nitrogen and oxygen atoms in total. The van der Waals surface area contributed by atoms with Gasteiger partial charge in [0.05, 0.1) is 18.4 Å². The van der Waals surface area contributed by atoms with Crippen molar-refractivity contribution in [2.24, 2.45) is 10.3 Å². The molecule has 0 aliphatic rings. The normalized spacial score (nSPS) is 12.3. The van der Waals surface area contributed by atoms with Crippen molar-refractivity contribution in [2.75, 3.05) is 14.2 Å². The van der Waals surface area contributed by atoms with Gasteiger partial charge in [-0.2, -0.15) is 13.2 Å². The van der Waals surface area contributed by atoms with Crippen molar-refractivity contribution in [1.82, 2.24) is 0 Å². The number of carbonyl (C=O) groups excluding carboxylic acids is 1. The first-order chi connectivity index (χ1) is 15.1. The average Bonchev–Trinajstić information content (AvgIpc) is 2.76. The van der Waals surface area contributed by atoms with E-state index in [2.05, 4.69) is 16.9 Å². The first-order valence-electron chi connectivity index (χ1n) is 9.42. The SMILES string of the molecule is C=C(C)c1cccc(/C(=N\OC)C(=O)OC)c1CO/N=C(\C)c1cccc(C(F)(F)F)c1. The Labute approximate surface area is 184 Å². The second kappa shape index (κ2) is 10.6. The highest BCUT2D eigenvalue weighted by Crippen LogP contribution is 2.30. The molecule has 2 aromatic rings. The minimum Gasteiger partial charge on any atom is -0.464 e. The van der Waals surface area contributed by atoms with Gasteiger partial charge in [-0.05, 0) is 37.1 Å². The molecule has 0 spiro atoms. The number of alkyl halides is 3. The Morgan fingerprint density at radius 2 is 1.69 bits per heavy atom. The van der Waals surface area contributed by atoms with Crippen molar-refractivity contribution in [2.45, 2.75) is 26.6 Å². The summed E-state index contributed by atoms with van der Waals surface area (Å²) < 4.78 is 43.7. The third-order valence-corrected chi connectivity index (χ3v) is 4.47. The number of rotatable bonds is 8. The predicted molar refractivity (Wildman–Crippen MR) is 115 cm³/mol. The zero-order valence-electron chi connectivity index (χ0n) is 18.1. The Bertz CT molecular complexity index is 1060. The molecule has 2 rings (SSSR count). The van der Waals surface area contributed by atoms with E-state index in [4.69, 9.17) is 14.4 Å². The lowest BCUT2D eigenvalue weighted by Crippen LogP contribution is -2.20. The molecule has 0 atom stereocenters. The molecule has 0 unspecified atom stereocenters. The Balaban J connectivity index is 2.39. The van der Waals surface area contributed by atoms with Crippen LogP contribution in [0, 0.1) is 0 Å². The number of carbonyl (C=O) groups is 1. The van der Waals surface area contributed by atoms with E-state index in [0.29, 0.717) is 22.3 Å². The maximum Gasteiger partial charge on any atom is 0.416 e. The molecule has 0 radical (unpaired) electrons. The van der Waals surface area contributed by atoms with Gasteiger partial charge in [0.15, 0.2) is 5.71 Å². The number of halogens is 3. The number of benzene rings is 2. The lowest BCUT2D eigenvalue weighted by Gasteiger charge is -2.15. The van der Waals surface area contributed by atoms with Crippen LogP contribution in [-0.4, -0.2) is 31.6 Å². The predicted octanol–water partition coefficient (Wildman–Crippen LogP) is 5.20. The molecule has 0 amide bonds. The Morgan fingerprint density at radius 1 is 1.03 bits per heavy atom. The maximum absolute atomic E-state index is 13.0. The molecule has 0 N–H and O–H groups in total. The first kappa shape index (κ1) is 24.6. The summed E-state index contributed by atoms with van der Waals surface area (Å²) in [5, 5.41) is 7.72. The third kappa shape index (κ3) is 5.96. The van der Waals surface area contributed by atoms with Gasteiger partial charge in [-0.3, -0.25) is 0 Å². The van der Waals surface area contributed by atoms with E-state index >= 15 is 0 Å². The molecule has 0 aliphatic carbocycles. The van der Waals surface area contributed by atoms with Gasteiger partial charge in [-0.25, -0.2) is 4.79 Å². The Hall–Kier alpha value is -3.62. The molecule has 0 saturated heterocycles. The maximum atomic E-state index is 13.0. The number of ether oxygens (including phenoxy) is 1. The quantitative estimate of drug-likeness (QED) is 0.316. The second-order valence-electron chi connectivity index (χ2n) is 6.75. The molecule has 2 aromatic carbocycles. The highest BCUT2D eigenvalue weighted by Gasteiger charge is 2.30. The third-order valence-electron chi connectivity index (χ3n) is 4.47. The van der Waals surface area contributed by atoms with Crippen molar-refractivity contribution in [3.05, 3.63) is 76.9 Å². The molecular weight excluding hydrogens is 425 g/mol. The minimum atomic E-state index is -4.46. The Morgan fingerprint density at radius 3 is 2.28 bits per heavy atom. The molecule has 32 heavy (non-hydrogen) atoms. The fourth-order valence-corrected chi connectivity index (χ4v) is 2.92. The lowest BCUT2D eigenvalue weighted by molar-refractivity contribution is -0.137. The highest BCUT2D eigenvalue weighted by atomic mass is 19.4. The molecule has 0 saturated carbocycles. The number of hydrogen-bond acceptors (Lipinski definition) is 6. The zero-order valence-corrected chi connectivity index (χ0v) is 18.1. The van der Waals surface area contributed by atoms with Crippen molar-refractivity contribution in [3.8, 4) is 0 Å². The molecular formula is C23H23F3N2O4. The van der Waals surface area contributed by atoms with Crippen molar-refractivity contribution >= 4 is 23.0 Å². The fourth-order valence-electron chi connectivity index (χ4n) is 2.92. The average molecular weight is 448 g/mol. The van der Waals surface area contributed by atoms with Gasteiger partial charge in [0, 0.05) is 11.1 Å². The number of nitrogens with zero attached hydrogens (tertiary/aromatic N) is 2. The first-order valence-corrected chi connectivity index (χ1v) is 9.42. The number of methoxy groups -OCH3 is 1. The van der Waals surface area contributed by atoms with Gasteiger partial charge in [0.1, 0.15) is 13.7 Å². The number of oxime groups is 2. The molecule has 170 valence electrons. The van der Waals surface area contributed by atoms with Crippen molar-refractivity contribution < 1.29 is 32.4 Å². The molecule has 9 heteroatoms. The van der Waals surface area contributed by atoms with Crippen LogP contribution in [0.5, 0.6) is 0 Å². The summed E-state index contributed by atoms with van der Waals surface area (Å²) in [6.07, 6.45) is -4.46. The minimum absolute atomic E-state index is 0.0738. The summed E-state index contributed by atoms with van der Waals surface area (Å²) in [6.45, 7) is 7.15. The van der Waals surface area contributed by atoms with Crippen LogP contribution < -0.4 is 0 Å². The van der Waals surface area contributed by atoms with Crippen LogP contribution >= 0.6 is 0 Å². The molecule has 0 bridgehead atoms. The van der Waals surface area contributed by atoms with Crippen LogP contribution in [-0.2, 0) is 32.0 Å². The summed E-state index contributed by atoms with van der Waals surface area (Å²) in [5.41, 5.74) is 2.00. The summed E-state index contributed by atoms with van der Waals surface area (Å²) in [5.74, 6) is -0.712. The number of allylic oxidation sites excluding steroid dienone is 1. The van der Waals surface area contributed by atoms with Gasteiger partial charge in [-0.15, -0.1) is 0 Å². The summed E-state index contributed by atoms with van der Waals surface area (Å²) in [7, 11) is 2.51. The van der Waals surface area contributed by atoms with Crippen LogP contribution in [0.25, 0.3) is 5.57 Å². The van der Waals surface area contributed by atoms with E-state index in [0.717, 1.165) is 12.1 Å². The van der Waals surface area contributed by atoms with Crippen LogP contribution in [0.3, 0.4) is 0 Å². The molecule has 0 aromatic heterocycles. The van der Waals surface area contributed by atoms with Gasteiger partial charge in [0.25, 0.3) is 0 Å². The largest absolute Gasteiger partial charge is 0.464 e. The monoisotopic (exact) mass is 448 g/mol. The lowest BCUT2D eigenvalue weighted by atomic mass is 9.94. The van der Waals surface area contributed by atoms with Crippen LogP contribution in [0.4, 0.5) is 13.2 Å². The smallest absolute Gasteiger partial charge is 0.416 e. The second-order valence-corrected chi connectivity index (χ2v) is 6.75. The van der Waals surface area contributed by atoms with Crippen LogP contribution in [0.1, 0.15) is 41.7 Å². The van der Waals surface area contributed by atoms with Gasteiger partial charge in [0.2, 0.25) is 0 Å². The molecule has 0 fully saturated rings. The van der Waals surface area contributed by atoms with Crippen molar-refractivity contribution in [1.29, 1.82) is 0 Å². The van der Waals surface area contributed by atoms with E-state index in [9.17, 15) is 18.0 Å². The van der Waals surface area contributed by atoms with Crippen LogP contribution in [0.15, 0.2) is 59.4 Å². The fraction of sp³-hybridized carbons (Fsp3) is 0.261. The van der Waals surface area contributed by atoms with E-state index in [1.807, 2.05) is 0 Å². The summed E-state index contributed by atoms with van der Waals surface area (Å²) >= 11 is 0. The molecule has 0 aliphatic heterocycles. The number of hydrogen-bond donors (Lipinski definition) is 0. The van der Waals surface area contributed by atoms with E-state index < -0.39 is 17.7 Å². The summed E-state index contributed by atoms with van der Waals surface area (Å²) in [6, 6.07) is 9.93. The van der Waals surface area contributed by atoms with Crippen molar-refractivity contribution in [3.63, 3.8) is 0 Å². The van der Waals surface area contributed by atoms with E-state index in [-0.39, 0.29) is 23.6 Å². The topological polar surface area (TPSA) is 69.5 Å². The number of esters is 1. The Kier molecular flexibility index (Phi) is 8.17. The van der Waals surface area contributed by atoms with Crippen LogP contribution in [0.2, 0.25) is 0 Å². The summed E-state index contributed by atoms with van der Waals surface area (Å²) in [4.78, 5) is 22.4. The van der Waals surface area contributed by atoms with E-state index in [1.165, 1.54) is 33.3 Å². The highest BCUT2D eigenvalue weighted by molar-refractivity contribution is 6.43. The van der Waals surface area contributed by atoms with Gasteiger partial charge >= 0.3 is 12.1 Å². The standard InChI is InChI=1S/C23H23F3N2O4/c1-14(2)18-10-7-11-19(21(28-31-5)22(29)30-4)20(18)13-32-27-15(3)16-8-6-9-17(12-16)23(24,25)26/h6-12H,1,13H2,2-5H3/b27-15+,28-21+. The molecule has 0 heterocycles. The van der Waals surface area contributed by atoms with Gasteiger partial charge < -0.3 is 14.4 Å². The van der Waals surface area contributed by atoms with Gasteiger partial charge in [-0.1, -0.05) is 52.8 Å². The zero-order chi connectivity index (χ0) is 23.9. The van der Waals surface area contributed by atoms with E-state index in [1.54, 1.807) is 25.1 Å².